The molecule has 6 nitrogen and oxygen atoms in total. The number of ether oxygens (including phenoxy) is 1. The number of aromatic nitrogens is 2. The van der Waals surface area contributed by atoms with Gasteiger partial charge in [0.15, 0.2) is 0 Å². The Morgan fingerprint density at radius 1 is 1.14 bits per heavy atom. The minimum atomic E-state index is -4.80. The first-order valence-electron chi connectivity index (χ1n) is 8.44. The highest BCUT2D eigenvalue weighted by Crippen LogP contribution is 2.25. The Morgan fingerprint density at radius 2 is 1.93 bits per heavy atom. The van der Waals surface area contributed by atoms with E-state index >= 15 is 0 Å². The van der Waals surface area contributed by atoms with Crippen molar-refractivity contribution in [1.29, 1.82) is 0 Å². The molecule has 0 aliphatic carbocycles. The topological polar surface area (TPSA) is 84.1 Å². The highest BCUT2D eigenvalue weighted by Gasteiger charge is 2.31. The summed E-state index contributed by atoms with van der Waals surface area (Å²) in [6, 6.07) is 12.0. The molecule has 0 aliphatic heterocycles. The van der Waals surface area contributed by atoms with Crippen LogP contribution in [-0.2, 0) is 11.2 Å². The number of fused-ring (bicyclic) bond motifs is 1. The molecule has 2 aromatic carbocycles. The highest BCUT2D eigenvalue weighted by molar-refractivity contribution is 5.90. The van der Waals surface area contributed by atoms with E-state index in [0.29, 0.717) is 29.6 Å². The summed E-state index contributed by atoms with van der Waals surface area (Å²) in [5.74, 6) is -0.312. The number of aromatic amines is 1. The van der Waals surface area contributed by atoms with Crippen molar-refractivity contribution in [2.24, 2.45) is 0 Å². The van der Waals surface area contributed by atoms with E-state index < -0.39 is 12.1 Å². The van der Waals surface area contributed by atoms with Gasteiger partial charge in [-0.3, -0.25) is 9.59 Å². The molecule has 146 valence electrons. The van der Waals surface area contributed by atoms with Gasteiger partial charge in [-0.2, -0.15) is 0 Å². The van der Waals surface area contributed by atoms with Crippen molar-refractivity contribution >= 4 is 22.5 Å². The number of amides is 1. The summed E-state index contributed by atoms with van der Waals surface area (Å²) in [5, 5.41) is 3.01. The van der Waals surface area contributed by atoms with E-state index in [0.717, 1.165) is 12.1 Å². The Bertz CT molecular complexity index is 1050. The molecule has 2 N–H and O–H groups in total. The third-order valence-corrected chi connectivity index (χ3v) is 3.83. The van der Waals surface area contributed by atoms with Crippen LogP contribution < -0.4 is 15.6 Å². The highest BCUT2D eigenvalue weighted by atomic mass is 19.4. The van der Waals surface area contributed by atoms with E-state index in [1.807, 2.05) is 0 Å². The lowest BCUT2D eigenvalue weighted by molar-refractivity contribution is -0.274. The maximum absolute atomic E-state index is 12.2. The smallest absolute Gasteiger partial charge is 0.406 e. The molecule has 3 rings (SSSR count). The predicted octanol–water partition coefficient (Wildman–Crippen LogP) is 3.78. The van der Waals surface area contributed by atoms with Crippen LogP contribution in [0.3, 0.4) is 0 Å². The summed E-state index contributed by atoms with van der Waals surface area (Å²) < 4.78 is 40.6. The number of nitrogens with zero attached hydrogens (tertiary/aromatic N) is 1. The first kappa shape index (κ1) is 19.4. The maximum Gasteiger partial charge on any atom is 0.573 e. The van der Waals surface area contributed by atoms with Crippen molar-refractivity contribution in [3.8, 4) is 5.75 Å². The summed E-state index contributed by atoms with van der Waals surface area (Å²) >= 11 is 0. The Balaban J connectivity index is 1.55. The zero-order chi connectivity index (χ0) is 20.1. The fourth-order valence-corrected chi connectivity index (χ4v) is 2.66. The van der Waals surface area contributed by atoms with Crippen molar-refractivity contribution < 1.29 is 22.7 Å². The van der Waals surface area contributed by atoms with Crippen molar-refractivity contribution in [3.05, 3.63) is 64.7 Å². The average molecular weight is 391 g/mol. The number of halogens is 3. The molecule has 3 aromatic rings. The van der Waals surface area contributed by atoms with E-state index in [-0.39, 0.29) is 23.6 Å². The molecule has 0 fully saturated rings. The monoisotopic (exact) mass is 391 g/mol. The SMILES string of the molecule is O=C(CCCc1nc2ccccc2c(=O)[nH]1)Nc1cccc(OC(F)(F)F)c1. The molecule has 0 unspecified atom stereocenters. The first-order chi connectivity index (χ1) is 13.3. The number of H-pyrrole nitrogens is 1. The molecule has 0 saturated carbocycles. The Hall–Kier alpha value is -3.36. The maximum atomic E-state index is 12.2. The van der Waals surface area contributed by atoms with Crippen molar-refractivity contribution in [3.63, 3.8) is 0 Å². The van der Waals surface area contributed by atoms with Crippen LogP contribution in [0, 0.1) is 0 Å². The molecule has 0 saturated heterocycles. The molecule has 1 heterocycles. The van der Waals surface area contributed by atoms with Crippen LogP contribution in [0.5, 0.6) is 5.75 Å². The fourth-order valence-electron chi connectivity index (χ4n) is 2.66. The zero-order valence-corrected chi connectivity index (χ0v) is 14.5. The molecule has 0 bridgehead atoms. The number of benzene rings is 2. The van der Waals surface area contributed by atoms with Gasteiger partial charge in [0, 0.05) is 24.6 Å². The molecule has 0 aliphatic rings. The van der Waals surface area contributed by atoms with Gasteiger partial charge in [-0.25, -0.2) is 4.98 Å². The number of anilines is 1. The quantitative estimate of drug-likeness (QED) is 0.670. The number of para-hydroxylation sites is 1. The molecular formula is C19H16F3N3O3. The van der Waals surface area contributed by atoms with Crippen LogP contribution in [0.25, 0.3) is 10.9 Å². The minimum absolute atomic E-state index is 0.112. The fraction of sp³-hybridized carbons (Fsp3) is 0.211. The molecule has 28 heavy (non-hydrogen) atoms. The van der Waals surface area contributed by atoms with Gasteiger partial charge in [0.05, 0.1) is 10.9 Å². The van der Waals surface area contributed by atoms with E-state index in [4.69, 9.17) is 0 Å². The molecule has 0 spiro atoms. The molecule has 9 heteroatoms. The summed E-state index contributed by atoms with van der Waals surface area (Å²) in [6.45, 7) is 0. The normalized spacial score (nSPS) is 11.4. The van der Waals surface area contributed by atoms with Crippen molar-refractivity contribution in [2.45, 2.75) is 25.6 Å². The molecule has 0 radical (unpaired) electrons. The Labute approximate surface area is 157 Å². The molecule has 1 amide bonds. The molecule has 0 atom stereocenters. The van der Waals surface area contributed by atoms with Crippen LogP contribution in [-0.4, -0.2) is 22.2 Å². The second-order valence-electron chi connectivity index (χ2n) is 6.01. The third kappa shape index (κ3) is 5.32. The lowest BCUT2D eigenvalue weighted by atomic mass is 10.2. The average Bonchev–Trinajstić information content (AvgIpc) is 2.60. The lowest BCUT2D eigenvalue weighted by Crippen LogP contribution is -2.17. The summed E-state index contributed by atoms with van der Waals surface area (Å²) in [5.41, 5.74) is 0.530. The Kier molecular flexibility index (Phi) is 5.62. The van der Waals surface area contributed by atoms with Crippen molar-refractivity contribution in [1.82, 2.24) is 9.97 Å². The second-order valence-corrected chi connectivity index (χ2v) is 6.01. The molecule has 1 aromatic heterocycles. The first-order valence-corrected chi connectivity index (χ1v) is 8.44. The number of alkyl halides is 3. The second kappa shape index (κ2) is 8.12. The summed E-state index contributed by atoms with van der Waals surface area (Å²) in [6.07, 6.45) is -3.90. The van der Waals surface area contributed by atoms with Crippen LogP contribution >= 0.6 is 0 Å². The van der Waals surface area contributed by atoms with Gasteiger partial charge in [0.2, 0.25) is 5.91 Å². The van der Waals surface area contributed by atoms with Gasteiger partial charge in [0.1, 0.15) is 11.6 Å². The van der Waals surface area contributed by atoms with Gasteiger partial charge in [-0.1, -0.05) is 18.2 Å². The summed E-state index contributed by atoms with van der Waals surface area (Å²) in [4.78, 5) is 31.0. The van der Waals surface area contributed by atoms with Gasteiger partial charge < -0.3 is 15.0 Å². The van der Waals surface area contributed by atoms with E-state index in [1.165, 1.54) is 12.1 Å². The number of aryl methyl sites for hydroxylation is 1. The number of carbonyl (C=O) groups is 1. The van der Waals surface area contributed by atoms with E-state index in [1.54, 1.807) is 24.3 Å². The van der Waals surface area contributed by atoms with E-state index in [2.05, 4.69) is 20.0 Å². The van der Waals surface area contributed by atoms with Gasteiger partial charge >= 0.3 is 6.36 Å². The van der Waals surface area contributed by atoms with Crippen molar-refractivity contribution in [2.75, 3.05) is 5.32 Å². The number of hydrogen-bond acceptors (Lipinski definition) is 4. The standard InChI is InChI=1S/C19H16F3N3O3/c20-19(21,22)28-13-6-3-5-12(11-13)23-17(26)10-4-9-16-24-15-8-2-1-7-14(15)18(27)25-16/h1-3,5-8,11H,4,9-10H2,(H,23,26)(H,24,25,27). The van der Waals surface area contributed by atoms with E-state index in [9.17, 15) is 22.8 Å². The zero-order valence-electron chi connectivity index (χ0n) is 14.5. The third-order valence-electron chi connectivity index (χ3n) is 3.83. The lowest BCUT2D eigenvalue weighted by Gasteiger charge is -2.10. The number of hydrogen-bond donors (Lipinski definition) is 2. The number of carbonyl (C=O) groups excluding carboxylic acids is 1. The predicted molar refractivity (Wildman–Crippen MR) is 97.1 cm³/mol. The van der Waals surface area contributed by atoms with Gasteiger partial charge in [-0.05, 0) is 30.7 Å². The number of rotatable bonds is 6. The summed E-state index contributed by atoms with van der Waals surface area (Å²) in [7, 11) is 0. The molecular weight excluding hydrogens is 375 g/mol. The van der Waals surface area contributed by atoms with Crippen LogP contribution in [0.1, 0.15) is 18.7 Å². The van der Waals surface area contributed by atoms with Gasteiger partial charge in [0.25, 0.3) is 5.56 Å². The van der Waals surface area contributed by atoms with Crippen LogP contribution in [0.2, 0.25) is 0 Å². The van der Waals surface area contributed by atoms with Gasteiger partial charge in [-0.15, -0.1) is 13.2 Å². The number of nitrogens with one attached hydrogen (secondary N) is 2. The minimum Gasteiger partial charge on any atom is -0.406 e. The van der Waals surface area contributed by atoms with Crippen LogP contribution in [0.4, 0.5) is 18.9 Å². The largest absolute Gasteiger partial charge is 0.573 e. The Morgan fingerprint density at radius 3 is 2.71 bits per heavy atom. The van der Waals surface area contributed by atoms with Crippen LogP contribution in [0.15, 0.2) is 53.3 Å².